The van der Waals surface area contributed by atoms with Crippen molar-refractivity contribution in [3.05, 3.63) is 34.8 Å². The van der Waals surface area contributed by atoms with Crippen molar-refractivity contribution < 1.29 is 18.7 Å². The van der Waals surface area contributed by atoms with Gasteiger partial charge in [-0.3, -0.25) is 0 Å². The third-order valence-electron chi connectivity index (χ3n) is 2.63. The summed E-state index contributed by atoms with van der Waals surface area (Å²) in [5.74, 6) is -0.493. The van der Waals surface area contributed by atoms with Gasteiger partial charge in [0.25, 0.3) is 0 Å². The zero-order valence-corrected chi connectivity index (χ0v) is 10.1. The molecular weight excluding hydrogens is 261 g/mol. The summed E-state index contributed by atoms with van der Waals surface area (Å²) in [4.78, 5) is 10.3. The van der Waals surface area contributed by atoms with Crippen LogP contribution < -0.4 is 5.32 Å². The third kappa shape index (κ3) is 2.56. The highest BCUT2D eigenvalue weighted by molar-refractivity contribution is 6.32. The molecule has 0 unspecified atom stereocenters. The van der Waals surface area contributed by atoms with Crippen LogP contribution in [0.2, 0.25) is 5.02 Å². The number of fused-ring (bicyclic) bond motifs is 1. The molecule has 0 atom stereocenters. The molecule has 6 heteroatoms. The molecule has 0 fully saturated rings. The van der Waals surface area contributed by atoms with Crippen molar-refractivity contribution in [2.24, 2.45) is 0 Å². The van der Waals surface area contributed by atoms with E-state index < -0.39 is 11.9 Å². The maximum absolute atomic E-state index is 13.5. The van der Waals surface area contributed by atoms with Crippen molar-refractivity contribution in [2.75, 3.05) is 6.54 Å². The van der Waals surface area contributed by atoms with Crippen LogP contribution in [0.15, 0.2) is 22.8 Å². The fraction of sp³-hybridized carbons (Fsp3) is 0.250. The minimum absolute atomic E-state index is 0.181. The van der Waals surface area contributed by atoms with Gasteiger partial charge >= 0.3 is 6.09 Å². The van der Waals surface area contributed by atoms with Crippen molar-refractivity contribution in [2.45, 2.75) is 12.8 Å². The number of carboxylic acid groups (broad SMARTS) is 1. The molecule has 1 amide bonds. The summed E-state index contributed by atoms with van der Waals surface area (Å²) in [7, 11) is 0. The van der Waals surface area contributed by atoms with E-state index in [0.717, 1.165) is 5.56 Å². The first-order chi connectivity index (χ1) is 8.59. The molecule has 0 spiro atoms. The quantitative estimate of drug-likeness (QED) is 0.838. The van der Waals surface area contributed by atoms with Crippen molar-refractivity contribution in [3.8, 4) is 0 Å². The second-order valence-corrected chi connectivity index (χ2v) is 4.22. The third-order valence-corrected chi connectivity index (χ3v) is 2.97. The number of furan rings is 1. The Morgan fingerprint density at radius 1 is 1.56 bits per heavy atom. The first kappa shape index (κ1) is 12.7. The van der Waals surface area contributed by atoms with Gasteiger partial charge in [0, 0.05) is 17.0 Å². The molecule has 0 bridgehead atoms. The number of nitrogens with one attached hydrogen (secondary N) is 1. The van der Waals surface area contributed by atoms with Gasteiger partial charge < -0.3 is 14.8 Å². The zero-order valence-electron chi connectivity index (χ0n) is 9.37. The normalized spacial score (nSPS) is 10.8. The van der Waals surface area contributed by atoms with Gasteiger partial charge in [-0.05, 0) is 30.5 Å². The standard InChI is InChI=1S/C12H11ClFNO3/c13-9-6-10(14)11-8(3-5-18-11)7(9)2-1-4-15-12(16)17/h3,5-6,15H,1-2,4H2,(H,16,17). The Hall–Kier alpha value is -1.75. The summed E-state index contributed by atoms with van der Waals surface area (Å²) in [6.45, 7) is 0.322. The van der Waals surface area contributed by atoms with Gasteiger partial charge in [-0.15, -0.1) is 0 Å². The van der Waals surface area contributed by atoms with E-state index in [4.69, 9.17) is 21.1 Å². The highest BCUT2D eigenvalue weighted by Gasteiger charge is 2.13. The van der Waals surface area contributed by atoms with E-state index in [0.29, 0.717) is 29.8 Å². The van der Waals surface area contributed by atoms with Crippen LogP contribution in [0.5, 0.6) is 0 Å². The Bertz CT molecular complexity index is 582. The smallest absolute Gasteiger partial charge is 0.404 e. The summed E-state index contributed by atoms with van der Waals surface area (Å²) in [6, 6.07) is 2.87. The van der Waals surface area contributed by atoms with E-state index in [-0.39, 0.29) is 5.58 Å². The number of carbonyl (C=O) groups is 1. The van der Waals surface area contributed by atoms with Crippen LogP contribution in [0, 0.1) is 5.82 Å². The van der Waals surface area contributed by atoms with E-state index in [2.05, 4.69) is 5.32 Å². The van der Waals surface area contributed by atoms with Gasteiger partial charge in [-0.2, -0.15) is 0 Å². The minimum atomic E-state index is -1.06. The Morgan fingerprint density at radius 2 is 2.33 bits per heavy atom. The number of benzene rings is 1. The molecule has 2 N–H and O–H groups in total. The fourth-order valence-electron chi connectivity index (χ4n) is 1.84. The van der Waals surface area contributed by atoms with Crippen molar-refractivity contribution in [3.63, 3.8) is 0 Å². The largest absolute Gasteiger partial charge is 0.465 e. The Kier molecular flexibility index (Phi) is 3.72. The molecule has 4 nitrogen and oxygen atoms in total. The van der Waals surface area contributed by atoms with Crippen LogP contribution in [0.3, 0.4) is 0 Å². The van der Waals surface area contributed by atoms with Crippen LogP contribution in [0.25, 0.3) is 11.0 Å². The summed E-state index contributed by atoms with van der Waals surface area (Å²) in [5.41, 5.74) is 0.953. The lowest BCUT2D eigenvalue weighted by Crippen LogP contribution is -2.22. The minimum Gasteiger partial charge on any atom is -0.465 e. The fourth-order valence-corrected chi connectivity index (χ4v) is 2.13. The molecule has 1 aromatic carbocycles. The molecule has 96 valence electrons. The number of amides is 1. The average Bonchev–Trinajstić information content (AvgIpc) is 2.76. The van der Waals surface area contributed by atoms with Crippen molar-refractivity contribution in [1.82, 2.24) is 5.32 Å². The SMILES string of the molecule is O=C(O)NCCCc1c(Cl)cc(F)c2occc12. The summed E-state index contributed by atoms with van der Waals surface area (Å²) in [6.07, 6.45) is 1.48. The molecule has 0 saturated heterocycles. The molecule has 18 heavy (non-hydrogen) atoms. The van der Waals surface area contributed by atoms with Crippen LogP contribution in [-0.4, -0.2) is 17.7 Å². The lowest BCUT2D eigenvalue weighted by molar-refractivity contribution is 0.194. The monoisotopic (exact) mass is 271 g/mol. The van der Waals surface area contributed by atoms with Gasteiger partial charge in [-0.1, -0.05) is 11.6 Å². The van der Waals surface area contributed by atoms with Crippen LogP contribution >= 0.6 is 11.6 Å². The number of hydrogen-bond acceptors (Lipinski definition) is 2. The topological polar surface area (TPSA) is 62.5 Å². The molecule has 0 saturated carbocycles. The molecule has 0 aliphatic carbocycles. The lowest BCUT2D eigenvalue weighted by Gasteiger charge is -2.06. The zero-order chi connectivity index (χ0) is 13.1. The van der Waals surface area contributed by atoms with Crippen molar-refractivity contribution in [1.29, 1.82) is 0 Å². The Labute approximate surface area is 107 Å². The predicted octanol–water partition coefficient (Wildman–Crippen LogP) is 3.43. The van der Waals surface area contributed by atoms with Gasteiger partial charge in [0.1, 0.15) is 0 Å². The number of halogens is 2. The maximum Gasteiger partial charge on any atom is 0.404 e. The molecule has 0 aliphatic rings. The van der Waals surface area contributed by atoms with Gasteiger partial charge in [0.05, 0.1) is 6.26 Å². The highest BCUT2D eigenvalue weighted by Crippen LogP contribution is 2.30. The summed E-state index contributed by atoms with van der Waals surface area (Å²) >= 11 is 5.99. The molecule has 0 radical (unpaired) electrons. The Balaban J connectivity index is 2.17. The van der Waals surface area contributed by atoms with Crippen LogP contribution in [0.4, 0.5) is 9.18 Å². The second-order valence-electron chi connectivity index (χ2n) is 3.82. The number of aryl methyl sites for hydroxylation is 1. The van der Waals surface area contributed by atoms with E-state index in [1.165, 1.54) is 12.3 Å². The highest BCUT2D eigenvalue weighted by atomic mass is 35.5. The van der Waals surface area contributed by atoms with Crippen molar-refractivity contribution >= 4 is 28.7 Å². The van der Waals surface area contributed by atoms with E-state index in [9.17, 15) is 9.18 Å². The van der Waals surface area contributed by atoms with Crippen LogP contribution in [0.1, 0.15) is 12.0 Å². The summed E-state index contributed by atoms with van der Waals surface area (Å²) < 4.78 is 18.5. The molecule has 1 heterocycles. The molecule has 0 aliphatic heterocycles. The van der Waals surface area contributed by atoms with Crippen LogP contribution in [-0.2, 0) is 6.42 Å². The van der Waals surface area contributed by atoms with E-state index >= 15 is 0 Å². The lowest BCUT2D eigenvalue weighted by atomic mass is 10.0. The second kappa shape index (κ2) is 5.27. The Morgan fingerprint density at radius 3 is 3.06 bits per heavy atom. The van der Waals surface area contributed by atoms with E-state index in [1.807, 2.05) is 0 Å². The predicted molar refractivity (Wildman–Crippen MR) is 65.5 cm³/mol. The maximum atomic E-state index is 13.5. The average molecular weight is 272 g/mol. The molecule has 2 rings (SSSR count). The van der Waals surface area contributed by atoms with E-state index in [1.54, 1.807) is 6.07 Å². The molecule has 2 aromatic rings. The van der Waals surface area contributed by atoms with Gasteiger partial charge in [0.15, 0.2) is 11.4 Å². The summed E-state index contributed by atoms with van der Waals surface area (Å²) in [5, 5.41) is 11.7. The van der Waals surface area contributed by atoms with Gasteiger partial charge in [0.2, 0.25) is 0 Å². The van der Waals surface area contributed by atoms with Gasteiger partial charge in [-0.25, -0.2) is 9.18 Å². The first-order valence-corrected chi connectivity index (χ1v) is 5.78. The molecular formula is C12H11ClFNO3. The number of hydrogen-bond donors (Lipinski definition) is 2. The number of rotatable bonds is 4. The molecule has 1 aromatic heterocycles. The first-order valence-electron chi connectivity index (χ1n) is 5.40.